The molecule has 104 valence electrons. The van der Waals surface area contributed by atoms with E-state index in [1.807, 2.05) is 6.92 Å². The topological polar surface area (TPSA) is 116 Å². The van der Waals surface area contributed by atoms with Crippen molar-refractivity contribution < 1.29 is 9.72 Å². The van der Waals surface area contributed by atoms with Gasteiger partial charge in [-0.15, -0.1) is 0 Å². The van der Waals surface area contributed by atoms with E-state index in [-0.39, 0.29) is 16.9 Å². The molecule has 0 spiro atoms. The number of benzene rings is 1. The van der Waals surface area contributed by atoms with Crippen LogP contribution in [0.25, 0.3) is 0 Å². The third kappa shape index (κ3) is 2.74. The second-order valence-corrected chi connectivity index (χ2v) is 4.06. The lowest BCUT2D eigenvalue weighted by Crippen LogP contribution is -2.11. The number of aromatic nitrogens is 2. The number of anilines is 2. The number of primary amides is 1. The molecule has 8 heteroatoms. The molecule has 0 aliphatic heterocycles. The van der Waals surface area contributed by atoms with E-state index < -0.39 is 10.8 Å². The Balaban J connectivity index is 2.35. The van der Waals surface area contributed by atoms with E-state index in [0.717, 1.165) is 6.07 Å². The number of hydrogen-bond donors (Lipinski definition) is 2. The maximum Gasteiger partial charge on any atom is 0.293 e. The molecule has 0 atom stereocenters. The summed E-state index contributed by atoms with van der Waals surface area (Å²) in [5, 5.41) is 18.0. The Morgan fingerprint density at radius 2 is 2.30 bits per heavy atom. The first-order chi connectivity index (χ1) is 9.51. The van der Waals surface area contributed by atoms with Gasteiger partial charge in [0.1, 0.15) is 5.69 Å². The van der Waals surface area contributed by atoms with E-state index in [1.165, 1.54) is 12.1 Å². The largest absolute Gasteiger partial charge is 0.366 e. The van der Waals surface area contributed by atoms with E-state index in [1.54, 1.807) is 17.1 Å². The van der Waals surface area contributed by atoms with Crippen LogP contribution in [0.4, 0.5) is 17.1 Å². The molecule has 0 radical (unpaired) electrons. The molecule has 0 saturated heterocycles. The van der Waals surface area contributed by atoms with Gasteiger partial charge in [0.25, 0.3) is 5.69 Å². The number of hydrogen-bond acceptors (Lipinski definition) is 5. The van der Waals surface area contributed by atoms with Gasteiger partial charge in [-0.2, -0.15) is 5.10 Å². The summed E-state index contributed by atoms with van der Waals surface area (Å²) in [5.74, 6) is -0.710. The normalized spacial score (nSPS) is 10.2. The predicted octanol–water partition coefficient (Wildman–Crippen LogP) is 1.65. The van der Waals surface area contributed by atoms with Crippen LogP contribution in [0.2, 0.25) is 0 Å². The molecule has 0 aliphatic carbocycles. The van der Waals surface area contributed by atoms with Gasteiger partial charge in [-0.1, -0.05) is 0 Å². The highest BCUT2D eigenvalue weighted by molar-refractivity contribution is 5.94. The monoisotopic (exact) mass is 275 g/mol. The number of amides is 1. The minimum Gasteiger partial charge on any atom is -0.366 e. The van der Waals surface area contributed by atoms with Crippen LogP contribution >= 0.6 is 0 Å². The highest BCUT2D eigenvalue weighted by Gasteiger charge is 2.17. The lowest BCUT2D eigenvalue weighted by atomic mass is 10.1. The van der Waals surface area contributed by atoms with Gasteiger partial charge in [0, 0.05) is 24.4 Å². The molecule has 0 fully saturated rings. The van der Waals surface area contributed by atoms with Crippen molar-refractivity contribution in [3.63, 3.8) is 0 Å². The summed E-state index contributed by atoms with van der Waals surface area (Å²) in [6.45, 7) is 2.63. The van der Waals surface area contributed by atoms with E-state index in [9.17, 15) is 14.9 Å². The first-order valence-corrected chi connectivity index (χ1v) is 5.89. The first kappa shape index (κ1) is 13.5. The fraction of sp³-hybridized carbons (Fsp3) is 0.167. The van der Waals surface area contributed by atoms with Crippen LogP contribution in [0.1, 0.15) is 17.3 Å². The smallest absolute Gasteiger partial charge is 0.293 e. The second-order valence-electron chi connectivity index (χ2n) is 4.06. The Labute approximate surface area is 114 Å². The van der Waals surface area contributed by atoms with Gasteiger partial charge in [0.05, 0.1) is 16.8 Å². The van der Waals surface area contributed by atoms with Crippen LogP contribution in [0.5, 0.6) is 0 Å². The third-order valence-electron chi connectivity index (χ3n) is 2.72. The number of nitro benzene ring substituents is 1. The van der Waals surface area contributed by atoms with Gasteiger partial charge in [-0.05, 0) is 19.1 Å². The van der Waals surface area contributed by atoms with Gasteiger partial charge in [-0.3, -0.25) is 19.6 Å². The zero-order chi connectivity index (χ0) is 14.7. The fourth-order valence-electron chi connectivity index (χ4n) is 1.70. The third-order valence-corrected chi connectivity index (χ3v) is 2.72. The quantitative estimate of drug-likeness (QED) is 0.635. The van der Waals surface area contributed by atoms with E-state index in [2.05, 4.69) is 10.4 Å². The van der Waals surface area contributed by atoms with Crippen molar-refractivity contribution in [1.82, 2.24) is 9.78 Å². The Morgan fingerprint density at radius 3 is 2.85 bits per heavy atom. The molecular formula is C12H13N5O3. The van der Waals surface area contributed by atoms with Gasteiger partial charge < -0.3 is 11.1 Å². The minimum atomic E-state index is -0.710. The Bertz CT molecular complexity index is 665. The van der Waals surface area contributed by atoms with Gasteiger partial charge in [-0.25, -0.2) is 0 Å². The molecule has 1 aromatic carbocycles. The van der Waals surface area contributed by atoms with Crippen molar-refractivity contribution in [3.05, 3.63) is 46.3 Å². The van der Waals surface area contributed by atoms with Gasteiger partial charge >= 0.3 is 0 Å². The van der Waals surface area contributed by atoms with E-state index >= 15 is 0 Å². The van der Waals surface area contributed by atoms with E-state index in [4.69, 9.17) is 5.73 Å². The summed E-state index contributed by atoms with van der Waals surface area (Å²) in [5.41, 5.74) is 5.88. The average molecular weight is 275 g/mol. The van der Waals surface area contributed by atoms with Crippen molar-refractivity contribution in [1.29, 1.82) is 0 Å². The molecule has 8 nitrogen and oxygen atoms in total. The summed E-state index contributed by atoms with van der Waals surface area (Å²) in [6, 6.07) is 4.03. The Hall–Kier alpha value is -2.90. The van der Waals surface area contributed by atoms with Gasteiger partial charge in [0.15, 0.2) is 0 Å². The van der Waals surface area contributed by atoms with Crippen molar-refractivity contribution >= 4 is 23.0 Å². The molecule has 2 aromatic rings. The molecule has 2 rings (SSSR count). The van der Waals surface area contributed by atoms with Crippen LogP contribution in [0, 0.1) is 10.1 Å². The molecule has 0 unspecified atom stereocenters. The molecule has 0 saturated carbocycles. The SMILES string of the molecule is CCn1cc(Nc2ccc(C(N)=O)cc2[N+](=O)[O-])cn1. The molecule has 1 aromatic heterocycles. The number of aryl methyl sites for hydroxylation is 1. The lowest BCUT2D eigenvalue weighted by Gasteiger charge is -2.05. The van der Waals surface area contributed by atoms with Crippen molar-refractivity contribution in [2.45, 2.75) is 13.5 Å². The number of nitrogens with two attached hydrogens (primary N) is 1. The molecule has 0 aliphatic rings. The predicted molar refractivity (Wildman–Crippen MR) is 72.8 cm³/mol. The number of rotatable bonds is 5. The number of nitrogens with zero attached hydrogens (tertiary/aromatic N) is 3. The summed E-state index contributed by atoms with van der Waals surface area (Å²) in [6.07, 6.45) is 3.29. The zero-order valence-corrected chi connectivity index (χ0v) is 10.7. The summed E-state index contributed by atoms with van der Waals surface area (Å²) in [4.78, 5) is 21.5. The molecule has 0 bridgehead atoms. The maximum atomic E-state index is 11.1. The Morgan fingerprint density at radius 1 is 1.55 bits per heavy atom. The average Bonchev–Trinajstić information content (AvgIpc) is 2.86. The number of nitro groups is 1. The molecule has 3 N–H and O–H groups in total. The summed E-state index contributed by atoms with van der Waals surface area (Å²) < 4.78 is 1.69. The molecule has 1 heterocycles. The number of carbonyl (C=O) groups is 1. The van der Waals surface area contributed by atoms with Crippen molar-refractivity contribution in [2.24, 2.45) is 5.73 Å². The molecule has 1 amide bonds. The number of carbonyl (C=O) groups excluding carboxylic acids is 1. The second kappa shape index (κ2) is 5.39. The highest BCUT2D eigenvalue weighted by atomic mass is 16.6. The van der Waals surface area contributed by atoms with E-state index in [0.29, 0.717) is 12.2 Å². The van der Waals surface area contributed by atoms with Crippen LogP contribution in [-0.2, 0) is 6.54 Å². The maximum absolute atomic E-state index is 11.1. The summed E-state index contributed by atoms with van der Waals surface area (Å²) >= 11 is 0. The molecule has 20 heavy (non-hydrogen) atoms. The van der Waals surface area contributed by atoms with Crippen LogP contribution in [-0.4, -0.2) is 20.6 Å². The Kier molecular flexibility index (Phi) is 3.65. The minimum absolute atomic E-state index is 0.0894. The van der Waals surface area contributed by atoms with Crippen LogP contribution in [0.15, 0.2) is 30.6 Å². The lowest BCUT2D eigenvalue weighted by molar-refractivity contribution is -0.383. The van der Waals surface area contributed by atoms with Gasteiger partial charge in [0.2, 0.25) is 5.91 Å². The summed E-state index contributed by atoms with van der Waals surface area (Å²) in [7, 11) is 0. The standard InChI is InChI=1S/C12H13N5O3/c1-2-16-7-9(6-14-16)15-10-4-3-8(12(13)18)5-11(10)17(19)20/h3-7,15H,2H2,1H3,(H2,13,18). The van der Waals surface area contributed by atoms with Crippen molar-refractivity contribution in [2.75, 3.05) is 5.32 Å². The molecular weight excluding hydrogens is 262 g/mol. The van der Waals surface area contributed by atoms with Crippen LogP contribution in [0.3, 0.4) is 0 Å². The van der Waals surface area contributed by atoms with Crippen LogP contribution < -0.4 is 11.1 Å². The van der Waals surface area contributed by atoms with Crippen molar-refractivity contribution in [3.8, 4) is 0 Å². The zero-order valence-electron chi connectivity index (χ0n) is 10.7. The fourth-order valence-corrected chi connectivity index (χ4v) is 1.70. The first-order valence-electron chi connectivity index (χ1n) is 5.89. The number of nitrogens with one attached hydrogen (secondary N) is 1. The highest BCUT2D eigenvalue weighted by Crippen LogP contribution is 2.28.